The van der Waals surface area contributed by atoms with Crippen LogP contribution in [0, 0.1) is 0 Å². The monoisotopic (exact) mass is 249 g/mol. The second-order valence-corrected chi connectivity index (χ2v) is 4.67. The Morgan fingerprint density at radius 2 is 2.22 bits per heavy atom. The second kappa shape index (κ2) is 6.40. The molecule has 1 aliphatic rings. The summed E-state index contributed by atoms with van der Waals surface area (Å²) in [5, 5.41) is 12.7. The Labute approximate surface area is 107 Å². The summed E-state index contributed by atoms with van der Waals surface area (Å²) < 4.78 is 5.10. The molecule has 1 heterocycles. The molecule has 0 radical (unpaired) electrons. The van der Waals surface area contributed by atoms with Gasteiger partial charge in [-0.15, -0.1) is 0 Å². The Kier molecular flexibility index (Phi) is 4.59. The van der Waals surface area contributed by atoms with Crippen LogP contribution >= 0.6 is 0 Å². The molecule has 1 aromatic heterocycles. The van der Waals surface area contributed by atoms with E-state index in [4.69, 9.17) is 4.42 Å². The molecular formula is C14H19NO3. The van der Waals surface area contributed by atoms with Crippen LogP contribution in [0.3, 0.4) is 0 Å². The average molecular weight is 249 g/mol. The molecule has 98 valence electrons. The molecule has 1 fully saturated rings. The number of rotatable bonds is 3. The molecule has 0 saturated heterocycles. The molecule has 1 amide bonds. The maximum Gasteiger partial charge on any atom is 0.244 e. The van der Waals surface area contributed by atoms with Crippen molar-refractivity contribution >= 4 is 12.0 Å². The molecule has 4 heteroatoms. The number of furan rings is 1. The van der Waals surface area contributed by atoms with Crippen LogP contribution < -0.4 is 5.32 Å². The zero-order chi connectivity index (χ0) is 12.8. The second-order valence-electron chi connectivity index (χ2n) is 4.67. The maximum absolute atomic E-state index is 11.7. The molecule has 2 unspecified atom stereocenters. The highest BCUT2D eigenvalue weighted by Gasteiger charge is 2.22. The van der Waals surface area contributed by atoms with Gasteiger partial charge in [0, 0.05) is 6.08 Å². The molecule has 0 aromatic carbocycles. The van der Waals surface area contributed by atoms with Gasteiger partial charge in [0.1, 0.15) is 5.76 Å². The van der Waals surface area contributed by atoms with E-state index >= 15 is 0 Å². The molecule has 1 saturated carbocycles. The van der Waals surface area contributed by atoms with Gasteiger partial charge in [-0.05, 0) is 31.1 Å². The van der Waals surface area contributed by atoms with Crippen molar-refractivity contribution < 1.29 is 14.3 Å². The van der Waals surface area contributed by atoms with Crippen LogP contribution in [0.4, 0.5) is 0 Å². The van der Waals surface area contributed by atoms with Crippen molar-refractivity contribution in [2.24, 2.45) is 0 Å². The van der Waals surface area contributed by atoms with Gasteiger partial charge < -0.3 is 14.8 Å². The zero-order valence-corrected chi connectivity index (χ0v) is 10.3. The Bertz CT molecular complexity index is 397. The third-order valence-electron chi connectivity index (χ3n) is 3.25. The molecule has 2 N–H and O–H groups in total. The van der Waals surface area contributed by atoms with Crippen molar-refractivity contribution in [2.75, 3.05) is 0 Å². The number of carbonyl (C=O) groups is 1. The lowest BCUT2D eigenvalue weighted by Gasteiger charge is -2.20. The summed E-state index contributed by atoms with van der Waals surface area (Å²) in [4.78, 5) is 11.7. The molecule has 0 bridgehead atoms. The Balaban J connectivity index is 1.86. The first kappa shape index (κ1) is 12.9. The minimum absolute atomic E-state index is 0.124. The highest BCUT2D eigenvalue weighted by atomic mass is 16.3. The van der Waals surface area contributed by atoms with Crippen LogP contribution in [0.1, 0.15) is 37.9 Å². The molecule has 2 rings (SSSR count). The van der Waals surface area contributed by atoms with Crippen molar-refractivity contribution in [2.45, 2.75) is 44.2 Å². The van der Waals surface area contributed by atoms with Crippen LogP contribution in [-0.4, -0.2) is 23.2 Å². The zero-order valence-electron chi connectivity index (χ0n) is 10.3. The topological polar surface area (TPSA) is 62.5 Å². The molecular weight excluding hydrogens is 230 g/mol. The van der Waals surface area contributed by atoms with Gasteiger partial charge in [0.2, 0.25) is 5.91 Å². The van der Waals surface area contributed by atoms with E-state index in [1.165, 1.54) is 6.08 Å². The SMILES string of the molecule is O=C(/C=C/c1ccco1)NC1CCCCCC1O. The normalized spacial score (nSPS) is 24.9. The lowest BCUT2D eigenvalue weighted by Crippen LogP contribution is -2.41. The number of amides is 1. The van der Waals surface area contributed by atoms with Gasteiger partial charge in [-0.2, -0.15) is 0 Å². The van der Waals surface area contributed by atoms with E-state index in [1.54, 1.807) is 24.5 Å². The highest BCUT2D eigenvalue weighted by molar-refractivity contribution is 5.91. The summed E-state index contributed by atoms with van der Waals surface area (Å²) in [6.07, 6.45) is 9.05. The van der Waals surface area contributed by atoms with E-state index in [-0.39, 0.29) is 11.9 Å². The number of hydrogen-bond acceptors (Lipinski definition) is 3. The summed E-state index contributed by atoms with van der Waals surface area (Å²) in [6.45, 7) is 0. The summed E-state index contributed by atoms with van der Waals surface area (Å²) in [5.74, 6) is 0.462. The Morgan fingerprint density at radius 1 is 1.39 bits per heavy atom. The van der Waals surface area contributed by atoms with Crippen molar-refractivity contribution in [1.82, 2.24) is 5.32 Å². The van der Waals surface area contributed by atoms with Crippen LogP contribution in [0.15, 0.2) is 28.9 Å². The molecule has 0 spiro atoms. The van der Waals surface area contributed by atoms with Gasteiger partial charge >= 0.3 is 0 Å². The number of hydrogen-bond donors (Lipinski definition) is 2. The average Bonchev–Trinajstić information content (AvgIpc) is 2.80. The highest BCUT2D eigenvalue weighted by Crippen LogP contribution is 2.18. The summed E-state index contributed by atoms with van der Waals surface area (Å²) in [6, 6.07) is 3.43. The summed E-state index contributed by atoms with van der Waals surface area (Å²) in [7, 11) is 0. The quantitative estimate of drug-likeness (QED) is 0.637. The van der Waals surface area contributed by atoms with E-state index in [1.807, 2.05) is 0 Å². The van der Waals surface area contributed by atoms with E-state index in [0.29, 0.717) is 5.76 Å². The van der Waals surface area contributed by atoms with Crippen LogP contribution in [0.2, 0.25) is 0 Å². The molecule has 4 nitrogen and oxygen atoms in total. The van der Waals surface area contributed by atoms with Gasteiger partial charge in [0.15, 0.2) is 0 Å². The van der Waals surface area contributed by atoms with E-state index < -0.39 is 6.10 Å². The fourth-order valence-corrected chi connectivity index (χ4v) is 2.23. The summed E-state index contributed by atoms with van der Waals surface area (Å²) in [5.41, 5.74) is 0. The largest absolute Gasteiger partial charge is 0.465 e. The van der Waals surface area contributed by atoms with Crippen molar-refractivity contribution in [1.29, 1.82) is 0 Å². The standard InChI is InChI=1S/C14H19NO3/c16-13-7-3-1-2-6-12(13)15-14(17)9-8-11-5-4-10-18-11/h4-5,8-10,12-13,16H,1-3,6-7H2,(H,15,17)/b9-8+. The van der Waals surface area contributed by atoms with Gasteiger partial charge in [-0.3, -0.25) is 4.79 Å². The molecule has 0 aliphatic heterocycles. The minimum Gasteiger partial charge on any atom is -0.465 e. The Morgan fingerprint density at radius 3 is 3.00 bits per heavy atom. The van der Waals surface area contributed by atoms with Gasteiger partial charge in [0.25, 0.3) is 0 Å². The van der Waals surface area contributed by atoms with E-state index in [0.717, 1.165) is 32.1 Å². The lowest BCUT2D eigenvalue weighted by molar-refractivity contribution is -0.118. The molecule has 18 heavy (non-hydrogen) atoms. The molecule has 2 atom stereocenters. The first-order chi connectivity index (χ1) is 8.75. The predicted octanol–water partition coefficient (Wildman–Crippen LogP) is 2.10. The summed E-state index contributed by atoms with van der Waals surface area (Å²) >= 11 is 0. The lowest BCUT2D eigenvalue weighted by atomic mass is 10.1. The van der Waals surface area contributed by atoms with Crippen LogP contribution in [-0.2, 0) is 4.79 Å². The van der Waals surface area contributed by atoms with E-state index in [2.05, 4.69) is 5.32 Å². The van der Waals surface area contributed by atoms with Crippen molar-refractivity contribution in [3.63, 3.8) is 0 Å². The number of carbonyl (C=O) groups excluding carboxylic acids is 1. The number of nitrogens with one attached hydrogen (secondary N) is 1. The van der Waals surface area contributed by atoms with Gasteiger partial charge in [-0.25, -0.2) is 0 Å². The van der Waals surface area contributed by atoms with Crippen molar-refractivity contribution in [3.05, 3.63) is 30.2 Å². The molecule has 1 aromatic rings. The van der Waals surface area contributed by atoms with Gasteiger partial charge in [-0.1, -0.05) is 19.3 Å². The smallest absolute Gasteiger partial charge is 0.244 e. The third kappa shape index (κ3) is 3.74. The maximum atomic E-state index is 11.7. The minimum atomic E-state index is -0.423. The number of aliphatic hydroxyl groups is 1. The molecule has 1 aliphatic carbocycles. The van der Waals surface area contributed by atoms with Crippen LogP contribution in [0.5, 0.6) is 0 Å². The number of aliphatic hydroxyl groups excluding tert-OH is 1. The Hall–Kier alpha value is -1.55. The van der Waals surface area contributed by atoms with Crippen LogP contribution in [0.25, 0.3) is 6.08 Å². The third-order valence-corrected chi connectivity index (χ3v) is 3.25. The van der Waals surface area contributed by atoms with E-state index in [9.17, 15) is 9.90 Å². The fraction of sp³-hybridized carbons (Fsp3) is 0.500. The predicted molar refractivity (Wildman–Crippen MR) is 68.8 cm³/mol. The first-order valence-electron chi connectivity index (χ1n) is 6.46. The van der Waals surface area contributed by atoms with Gasteiger partial charge in [0.05, 0.1) is 18.4 Å². The fourth-order valence-electron chi connectivity index (χ4n) is 2.23. The first-order valence-corrected chi connectivity index (χ1v) is 6.46. The van der Waals surface area contributed by atoms with Crippen molar-refractivity contribution in [3.8, 4) is 0 Å².